The van der Waals surface area contributed by atoms with Gasteiger partial charge in [0, 0.05) is 48.8 Å². The molecule has 4 bridgehead atoms. The summed E-state index contributed by atoms with van der Waals surface area (Å²) in [4.78, 5) is 36.2. The highest BCUT2D eigenvalue weighted by Gasteiger charge is 2.38. The second kappa shape index (κ2) is 11.4. The molecule has 2 aromatic carbocycles. The van der Waals surface area contributed by atoms with E-state index in [1.807, 2.05) is 39.0 Å². The number of sulfonamides is 1. The molecule has 3 aromatic rings. The van der Waals surface area contributed by atoms with Gasteiger partial charge in [-0.1, -0.05) is 24.3 Å². The molecular formula is C29H34N6O5S. The van der Waals surface area contributed by atoms with E-state index >= 15 is 0 Å². The number of nitrogens with one attached hydrogen (secondary N) is 3. The topological polar surface area (TPSA) is 143 Å². The summed E-state index contributed by atoms with van der Waals surface area (Å²) in [6, 6.07) is 13.3. The van der Waals surface area contributed by atoms with Gasteiger partial charge in [-0.3, -0.25) is 4.79 Å². The number of likely N-dealkylation sites (tertiary alicyclic amines) is 1. The normalized spacial score (nSPS) is 17.9. The van der Waals surface area contributed by atoms with Crippen LogP contribution in [0.5, 0.6) is 5.88 Å². The fourth-order valence-electron chi connectivity index (χ4n) is 5.29. The quantitative estimate of drug-likeness (QED) is 0.422. The van der Waals surface area contributed by atoms with E-state index in [1.54, 1.807) is 17.0 Å². The summed E-state index contributed by atoms with van der Waals surface area (Å²) < 4.78 is 35.3. The van der Waals surface area contributed by atoms with Crippen LogP contribution in [0.15, 0.2) is 53.4 Å². The van der Waals surface area contributed by atoms with Gasteiger partial charge in [0.15, 0.2) is 0 Å². The van der Waals surface area contributed by atoms with Crippen LogP contribution in [-0.2, 0) is 10.0 Å². The van der Waals surface area contributed by atoms with E-state index in [9.17, 15) is 18.0 Å². The number of urea groups is 1. The Balaban J connectivity index is 1.56. The number of benzene rings is 2. The first-order chi connectivity index (χ1) is 19.6. The van der Waals surface area contributed by atoms with Gasteiger partial charge >= 0.3 is 6.03 Å². The van der Waals surface area contributed by atoms with Gasteiger partial charge in [0.05, 0.1) is 17.2 Å². The first kappa shape index (κ1) is 28.3. The molecule has 3 N–H and O–H groups in total. The number of rotatable bonds is 2. The smallest absolute Gasteiger partial charge is 0.317 e. The molecule has 216 valence electrons. The maximum Gasteiger partial charge on any atom is 0.317 e. The largest absolute Gasteiger partial charge is 0.477 e. The Morgan fingerprint density at radius 2 is 1.78 bits per heavy atom. The van der Waals surface area contributed by atoms with Crippen molar-refractivity contribution in [3.63, 3.8) is 0 Å². The van der Waals surface area contributed by atoms with Crippen LogP contribution in [0.4, 0.5) is 10.7 Å². The van der Waals surface area contributed by atoms with Crippen molar-refractivity contribution in [1.29, 1.82) is 0 Å². The monoisotopic (exact) mass is 578 g/mol. The molecule has 3 heterocycles. The number of aromatic nitrogens is 2. The maximum absolute atomic E-state index is 13.3. The SMILES string of the molecule is CCNC(=O)N1CCC2(CC1)CNC(=O)c1cccc(c1)S(=O)(=O)Nc1nc(cc(-c3c(C)cccc3C)n1)OC2. The Hall–Kier alpha value is -4.19. The zero-order valence-corrected chi connectivity index (χ0v) is 24.2. The van der Waals surface area contributed by atoms with Crippen molar-refractivity contribution in [2.75, 3.05) is 37.5 Å². The Morgan fingerprint density at radius 1 is 1.07 bits per heavy atom. The molecule has 0 aliphatic carbocycles. The van der Waals surface area contributed by atoms with Crippen molar-refractivity contribution >= 4 is 27.9 Å². The molecule has 1 aromatic heterocycles. The number of hydrogen-bond donors (Lipinski definition) is 3. The highest BCUT2D eigenvalue weighted by Crippen LogP contribution is 2.34. The molecule has 5 rings (SSSR count). The number of nitrogens with zero attached hydrogens (tertiary/aromatic N) is 3. The van der Waals surface area contributed by atoms with Crippen molar-refractivity contribution in [2.45, 2.75) is 38.5 Å². The average Bonchev–Trinajstić information content (AvgIpc) is 2.95. The molecule has 0 saturated carbocycles. The predicted octanol–water partition coefficient (Wildman–Crippen LogP) is 3.50. The fraction of sp³-hybridized carbons (Fsp3) is 0.379. The van der Waals surface area contributed by atoms with E-state index in [2.05, 4.69) is 25.3 Å². The van der Waals surface area contributed by atoms with Gasteiger partial charge in [0.25, 0.3) is 15.9 Å². The lowest BCUT2D eigenvalue weighted by Gasteiger charge is -2.41. The minimum atomic E-state index is -4.11. The van der Waals surface area contributed by atoms with Gasteiger partial charge in [-0.25, -0.2) is 22.9 Å². The summed E-state index contributed by atoms with van der Waals surface area (Å²) in [5.74, 6) is -0.318. The van der Waals surface area contributed by atoms with Crippen LogP contribution < -0.4 is 20.1 Å². The van der Waals surface area contributed by atoms with Gasteiger partial charge in [-0.2, -0.15) is 4.98 Å². The average molecular weight is 579 g/mol. The van der Waals surface area contributed by atoms with Crippen LogP contribution in [0.1, 0.15) is 41.3 Å². The minimum absolute atomic E-state index is 0.0873. The molecule has 0 atom stereocenters. The Morgan fingerprint density at radius 3 is 2.49 bits per heavy atom. The third-order valence-electron chi connectivity index (χ3n) is 7.66. The molecule has 12 heteroatoms. The van der Waals surface area contributed by atoms with Crippen LogP contribution in [-0.4, -0.2) is 68.0 Å². The first-order valence-corrected chi connectivity index (χ1v) is 15.1. The number of aryl methyl sites for hydroxylation is 2. The standard InChI is InChI=1S/C29H34N6O5S/c1-4-30-28(37)35-13-11-29(12-14-35)17-31-26(36)21-9-6-10-22(15-21)41(38,39)34-27-32-23(16-24(33-27)40-18-29)25-19(2)7-5-8-20(25)3/h5-10,15-16H,4,11-14,17-18H2,1-3H3,(H,30,37)(H,31,36)(H,32,33,34). The number of carbonyl (C=O) groups excluding carboxylic acids is 2. The van der Waals surface area contributed by atoms with E-state index in [1.165, 1.54) is 18.2 Å². The van der Waals surface area contributed by atoms with Crippen LogP contribution in [0.25, 0.3) is 11.3 Å². The van der Waals surface area contributed by atoms with E-state index in [4.69, 9.17) is 4.74 Å². The lowest BCUT2D eigenvalue weighted by molar-refractivity contribution is 0.0593. The van der Waals surface area contributed by atoms with Crippen LogP contribution in [0, 0.1) is 19.3 Å². The van der Waals surface area contributed by atoms with Crippen LogP contribution in [0.2, 0.25) is 0 Å². The molecule has 11 nitrogen and oxygen atoms in total. The summed E-state index contributed by atoms with van der Waals surface area (Å²) in [5, 5.41) is 5.82. The number of amides is 3. The van der Waals surface area contributed by atoms with Gasteiger partial charge < -0.3 is 20.3 Å². The molecule has 3 amide bonds. The van der Waals surface area contributed by atoms with E-state index in [0.717, 1.165) is 16.7 Å². The van der Waals surface area contributed by atoms with Gasteiger partial charge in [0.1, 0.15) is 0 Å². The molecule has 41 heavy (non-hydrogen) atoms. The zero-order chi connectivity index (χ0) is 29.2. The number of hydrogen-bond acceptors (Lipinski definition) is 7. The number of anilines is 1. The lowest BCUT2D eigenvalue weighted by Crippen LogP contribution is -2.52. The van der Waals surface area contributed by atoms with E-state index in [0.29, 0.717) is 38.2 Å². The molecule has 1 fully saturated rings. The van der Waals surface area contributed by atoms with E-state index < -0.39 is 21.3 Å². The van der Waals surface area contributed by atoms with Crippen molar-refractivity contribution in [3.05, 3.63) is 65.2 Å². The number of carbonyl (C=O) groups is 2. The van der Waals surface area contributed by atoms with Crippen molar-refractivity contribution < 1.29 is 22.7 Å². The molecule has 0 radical (unpaired) electrons. The Bertz CT molecular complexity index is 1560. The molecule has 1 spiro atoms. The summed E-state index contributed by atoms with van der Waals surface area (Å²) in [6.07, 6.45) is 1.19. The summed E-state index contributed by atoms with van der Waals surface area (Å²) in [7, 11) is -4.11. The molecule has 2 aliphatic rings. The predicted molar refractivity (Wildman–Crippen MR) is 154 cm³/mol. The summed E-state index contributed by atoms with van der Waals surface area (Å²) in [5.41, 5.74) is 3.07. The first-order valence-electron chi connectivity index (χ1n) is 13.6. The third-order valence-corrected chi connectivity index (χ3v) is 8.99. The number of fused-ring (bicyclic) bond motifs is 4. The Kier molecular flexibility index (Phi) is 7.85. The fourth-order valence-corrected chi connectivity index (χ4v) is 6.28. The van der Waals surface area contributed by atoms with Crippen LogP contribution in [0.3, 0.4) is 0 Å². The highest BCUT2D eigenvalue weighted by atomic mass is 32.2. The van der Waals surface area contributed by atoms with Crippen molar-refractivity contribution in [3.8, 4) is 17.1 Å². The van der Waals surface area contributed by atoms with Crippen molar-refractivity contribution in [2.24, 2.45) is 5.41 Å². The van der Waals surface area contributed by atoms with E-state index in [-0.39, 0.29) is 41.5 Å². The molecule has 0 unspecified atom stereocenters. The highest BCUT2D eigenvalue weighted by molar-refractivity contribution is 7.92. The van der Waals surface area contributed by atoms with Gasteiger partial charge in [-0.05, 0) is 62.9 Å². The molecule has 1 saturated heterocycles. The third kappa shape index (κ3) is 6.12. The lowest BCUT2D eigenvalue weighted by atomic mass is 9.79. The Labute approximate surface area is 239 Å². The summed E-state index contributed by atoms with van der Waals surface area (Å²) in [6.45, 7) is 7.84. The maximum atomic E-state index is 13.3. The molecular weight excluding hydrogens is 544 g/mol. The number of piperidine rings is 1. The zero-order valence-electron chi connectivity index (χ0n) is 23.4. The second-order valence-corrected chi connectivity index (χ2v) is 12.3. The van der Waals surface area contributed by atoms with Crippen molar-refractivity contribution in [1.82, 2.24) is 25.5 Å². The van der Waals surface area contributed by atoms with Gasteiger partial charge in [-0.15, -0.1) is 0 Å². The molecule has 2 aliphatic heterocycles. The summed E-state index contributed by atoms with van der Waals surface area (Å²) >= 11 is 0. The van der Waals surface area contributed by atoms with Crippen LogP contribution >= 0.6 is 0 Å². The minimum Gasteiger partial charge on any atom is -0.477 e. The van der Waals surface area contributed by atoms with Gasteiger partial charge in [0.2, 0.25) is 11.8 Å². The second-order valence-electron chi connectivity index (χ2n) is 10.6. The number of ether oxygens (including phenoxy) is 1.